The van der Waals surface area contributed by atoms with E-state index < -0.39 is 0 Å². The van der Waals surface area contributed by atoms with E-state index >= 15 is 0 Å². The molecule has 15 heavy (non-hydrogen) atoms. The molecule has 82 valence electrons. The van der Waals surface area contributed by atoms with Crippen LogP contribution in [0.1, 0.15) is 29.5 Å². The number of hydroxylamine groups is 1. The molecule has 0 atom stereocenters. The second-order valence-electron chi connectivity index (χ2n) is 3.93. The highest BCUT2D eigenvalue weighted by molar-refractivity contribution is 5.46. The van der Waals surface area contributed by atoms with Gasteiger partial charge >= 0.3 is 0 Å². The van der Waals surface area contributed by atoms with E-state index in [0.29, 0.717) is 6.54 Å². The van der Waals surface area contributed by atoms with Crippen molar-refractivity contribution in [1.82, 2.24) is 5.48 Å². The molecule has 0 radical (unpaired) electrons. The second-order valence-corrected chi connectivity index (χ2v) is 3.93. The minimum Gasteiger partial charge on any atom is -0.496 e. The molecule has 0 aliphatic heterocycles. The van der Waals surface area contributed by atoms with Gasteiger partial charge in [-0.2, -0.15) is 0 Å². The summed E-state index contributed by atoms with van der Waals surface area (Å²) < 4.78 is 5.36. The quantitative estimate of drug-likeness (QED) is 0.745. The second kappa shape index (κ2) is 4.64. The van der Waals surface area contributed by atoms with Gasteiger partial charge in [0.05, 0.1) is 7.11 Å². The average molecular weight is 207 g/mol. The summed E-state index contributed by atoms with van der Waals surface area (Å²) in [5, 5.41) is 8.77. The van der Waals surface area contributed by atoms with Gasteiger partial charge in [-0.25, -0.2) is 5.48 Å². The molecule has 1 aliphatic rings. The zero-order valence-electron chi connectivity index (χ0n) is 9.05. The SMILES string of the molecule is COc1ccc(CNO)c2c1CCCC2. The molecule has 0 unspecified atom stereocenters. The van der Waals surface area contributed by atoms with E-state index in [4.69, 9.17) is 9.94 Å². The van der Waals surface area contributed by atoms with Crippen LogP contribution in [0, 0.1) is 0 Å². The van der Waals surface area contributed by atoms with E-state index in [1.165, 1.54) is 29.5 Å². The standard InChI is InChI=1S/C12H17NO2/c1-15-12-7-6-9(8-13-14)10-4-2-3-5-11(10)12/h6-7,13-14H,2-5,8H2,1H3. The summed E-state index contributed by atoms with van der Waals surface area (Å²) in [5.74, 6) is 0.992. The van der Waals surface area contributed by atoms with Gasteiger partial charge in [0, 0.05) is 6.54 Å². The van der Waals surface area contributed by atoms with Gasteiger partial charge in [0.15, 0.2) is 0 Å². The number of methoxy groups -OCH3 is 1. The fourth-order valence-corrected chi connectivity index (χ4v) is 2.35. The molecule has 0 saturated carbocycles. The first-order chi connectivity index (χ1) is 7.36. The summed E-state index contributed by atoms with van der Waals surface area (Å²) in [7, 11) is 1.72. The highest BCUT2D eigenvalue weighted by Crippen LogP contribution is 2.31. The Morgan fingerprint density at radius 3 is 2.67 bits per heavy atom. The van der Waals surface area contributed by atoms with Crippen LogP contribution in [0.5, 0.6) is 5.75 Å². The number of ether oxygens (including phenoxy) is 1. The van der Waals surface area contributed by atoms with Crippen LogP contribution in [0.3, 0.4) is 0 Å². The first kappa shape index (κ1) is 10.5. The maximum Gasteiger partial charge on any atom is 0.122 e. The third-order valence-corrected chi connectivity index (χ3v) is 3.08. The molecule has 3 nitrogen and oxygen atoms in total. The lowest BCUT2D eigenvalue weighted by Gasteiger charge is -2.21. The highest BCUT2D eigenvalue weighted by atomic mass is 16.5. The molecular weight excluding hydrogens is 190 g/mol. The van der Waals surface area contributed by atoms with E-state index in [-0.39, 0.29) is 0 Å². The molecule has 0 amide bonds. The number of nitrogens with one attached hydrogen (secondary N) is 1. The van der Waals surface area contributed by atoms with Crippen molar-refractivity contribution in [2.75, 3.05) is 7.11 Å². The third kappa shape index (κ3) is 1.98. The van der Waals surface area contributed by atoms with Crippen molar-refractivity contribution in [2.45, 2.75) is 32.2 Å². The summed E-state index contributed by atoms with van der Waals surface area (Å²) >= 11 is 0. The normalized spacial score (nSPS) is 14.8. The molecule has 2 rings (SSSR count). The Labute approximate surface area is 90.0 Å². The predicted molar refractivity (Wildman–Crippen MR) is 58.3 cm³/mol. The third-order valence-electron chi connectivity index (χ3n) is 3.08. The number of fused-ring (bicyclic) bond motifs is 1. The molecule has 1 aliphatic carbocycles. The average Bonchev–Trinajstić information content (AvgIpc) is 2.30. The molecule has 1 aromatic rings. The fourth-order valence-electron chi connectivity index (χ4n) is 2.35. The Kier molecular flexibility index (Phi) is 3.23. The Morgan fingerprint density at radius 2 is 2.00 bits per heavy atom. The molecule has 0 heterocycles. The minimum absolute atomic E-state index is 0.520. The molecule has 0 spiro atoms. The smallest absolute Gasteiger partial charge is 0.122 e. The van der Waals surface area contributed by atoms with Crippen LogP contribution in [-0.4, -0.2) is 12.3 Å². The van der Waals surface area contributed by atoms with Crippen LogP contribution >= 0.6 is 0 Å². The predicted octanol–water partition coefficient (Wildman–Crippen LogP) is 2.05. The van der Waals surface area contributed by atoms with Crippen LogP contribution in [0.2, 0.25) is 0 Å². The van der Waals surface area contributed by atoms with Crippen LogP contribution in [-0.2, 0) is 19.4 Å². The summed E-state index contributed by atoms with van der Waals surface area (Å²) in [5.41, 5.74) is 6.11. The molecular formula is C12H17NO2. The topological polar surface area (TPSA) is 41.5 Å². The zero-order chi connectivity index (χ0) is 10.7. The van der Waals surface area contributed by atoms with Gasteiger partial charge in [0.2, 0.25) is 0 Å². The van der Waals surface area contributed by atoms with Crippen molar-refractivity contribution in [2.24, 2.45) is 0 Å². The largest absolute Gasteiger partial charge is 0.496 e. The number of hydrogen-bond donors (Lipinski definition) is 2. The molecule has 0 bridgehead atoms. The Balaban J connectivity index is 2.42. The van der Waals surface area contributed by atoms with Gasteiger partial charge in [-0.15, -0.1) is 0 Å². The van der Waals surface area contributed by atoms with E-state index in [0.717, 1.165) is 18.6 Å². The summed E-state index contributed by atoms with van der Waals surface area (Å²) in [4.78, 5) is 0. The van der Waals surface area contributed by atoms with E-state index in [2.05, 4.69) is 5.48 Å². The molecule has 0 saturated heterocycles. The summed E-state index contributed by atoms with van der Waals surface area (Å²) in [6.07, 6.45) is 4.67. The molecule has 3 heteroatoms. The molecule has 2 N–H and O–H groups in total. The maximum atomic E-state index is 8.77. The Morgan fingerprint density at radius 1 is 1.27 bits per heavy atom. The zero-order valence-corrected chi connectivity index (χ0v) is 9.05. The maximum absolute atomic E-state index is 8.77. The van der Waals surface area contributed by atoms with Crippen molar-refractivity contribution in [3.8, 4) is 5.75 Å². The van der Waals surface area contributed by atoms with Gasteiger partial charge in [-0.3, -0.25) is 0 Å². The van der Waals surface area contributed by atoms with Crippen molar-refractivity contribution < 1.29 is 9.94 Å². The Bertz CT molecular complexity index is 350. The monoisotopic (exact) mass is 207 g/mol. The molecule has 0 fully saturated rings. The van der Waals surface area contributed by atoms with Crippen molar-refractivity contribution in [1.29, 1.82) is 0 Å². The minimum atomic E-state index is 0.520. The fraction of sp³-hybridized carbons (Fsp3) is 0.500. The van der Waals surface area contributed by atoms with Crippen LogP contribution < -0.4 is 10.2 Å². The van der Waals surface area contributed by atoms with Crippen LogP contribution in [0.25, 0.3) is 0 Å². The van der Waals surface area contributed by atoms with E-state index in [1.807, 2.05) is 12.1 Å². The lowest BCUT2D eigenvalue weighted by Crippen LogP contribution is -2.13. The summed E-state index contributed by atoms with van der Waals surface area (Å²) in [6.45, 7) is 0.520. The van der Waals surface area contributed by atoms with Crippen LogP contribution in [0.15, 0.2) is 12.1 Å². The lowest BCUT2D eigenvalue weighted by atomic mass is 9.87. The number of hydrogen-bond acceptors (Lipinski definition) is 3. The van der Waals surface area contributed by atoms with Crippen molar-refractivity contribution >= 4 is 0 Å². The van der Waals surface area contributed by atoms with E-state index in [9.17, 15) is 0 Å². The van der Waals surface area contributed by atoms with Gasteiger partial charge in [0.1, 0.15) is 5.75 Å². The Hall–Kier alpha value is -1.06. The lowest BCUT2D eigenvalue weighted by molar-refractivity contribution is 0.161. The van der Waals surface area contributed by atoms with Crippen molar-refractivity contribution in [3.05, 3.63) is 28.8 Å². The molecule has 0 aromatic heterocycles. The van der Waals surface area contributed by atoms with Gasteiger partial charge in [0.25, 0.3) is 0 Å². The summed E-state index contributed by atoms with van der Waals surface area (Å²) in [6, 6.07) is 4.03. The van der Waals surface area contributed by atoms with Crippen molar-refractivity contribution in [3.63, 3.8) is 0 Å². The first-order valence-electron chi connectivity index (χ1n) is 5.41. The van der Waals surface area contributed by atoms with Gasteiger partial charge in [-0.1, -0.05) is 6.07 Å². The van der Waals surface area contributed by atoms with Gasteiger partial charge < -0.3 is 9.94 Å². The number of benzene rings is 1. The first-order valence-corrected chi connectivity index (χ1v) is 5.41. The highest BCUT2D eigenvalue weighted by Gasteiger charge is 2.16. The number of rotatable bonds is 3. The van der Waals surface area contributed by atoms with Gasteiger partial charge in [-0.05, 0) is 48.4 Å². The molecule has 1 aromatic carbocycles. The van der Waals surface area contributed by atoms with Crippen LogP contribution in [0.4, 0.5) is 0 Å². The van der Waals surface area contributed by atoms with E-state index in [1.54, 1.807) is 7.11 Å².